The summed E-state index contributed by atoms with van der Waals surface area (Å²) in [6, 6.07) is 72.2. The molecular weight excluding hydrogens is 1880 g/mol. The second kappa shape index (κ2) is 46.4. The van der Waals surface area contributed by atoms with Crippen LogP contribution in [0.4, 0.5) is 0 Å². The monoisotopic (exact) mass is 1980 g/mol. The lowest BCUT2D eigenvalue weighted by Crippen LogP contribution is -2.38. The van der Waals surface area contributed by atoms with Crippen molar-refractivity contribution in [1.29, 1.82) is 0 Å². The fraction of sp³-hybridized carbons (Fsp3) is 0.220. The number of para-hydroxylation sites is 5. The number of ether oxygens (including phenoxy) is 5. The van der Waals surface area contributed by atoms with Gasteiger partial charge in [0.25, 0.3) is 29.5 Å². The number of hydrogen-bond acceptors (Lipinski definition) is 17. The molecule has 692 valence electrons. The van der Waals surface area contributed by atoms with E-state index in [-0.39, 0.29) is 49.0 Å². The molecule has 26 nitrogen and oxygen atoms in total. The lowest BCUT2D eigenvalue weighted by atomic mass is 10.1. The highest BCUT2D eigenvalue weighted by Crippen LogP contribution is 2.33. The lowest BCUT2D eigenvalue weighted by molar-refractivity contribution is -0.120. The van der Waals surface area contributed by atoms with Gasteiger partial charge in [0.1, 0.15) is 57.3 Å². The summed E-state index contributed by atoms with van der Waals surface area (Å²) in [4.78, 5) is 86.3. The third kappa shape index (κ3) is 28.5. The molecule has 0 radical (unpaired) electrons. The Hall–Kier alpha value is -12.9. The van der Waals surface area contributed by atoms with Gasteiger partial charge in [-0.2, -0.15) is 0 Å². The van der Waals surface area contributed by atoms with Crippen molar-refractivity contribution in [3.8, 4) is 40.2 Å². The Labute approximate surface area is 795 Å². The summed E-state index contributed by atoms with van der Waals surface area (Å²) in [5.74, 6) is -0.465. The number of sulfonamides is 3. The molecule has 9 N–H and O–H groups in total. The molecule has 0 aliphatic rings. The highest BCUT2D eigenvalue weighted by atomic mass is 79.9. The van der Waals surface area contributed by atoms with Gasteiger partial charge in [0.05, 0.1) is 43.5 Å². The largest absolute Gasteiger partial charge is 0.494 e. The molecule has 0 bridgehead atoms. The number of carbonyl (C=O) groups excluding carboxylic acids is 6. The van der Waals surface area contributed by atoms with E-state index in [1.54, 1.807) is 60.7 Å². The van der Waals surface area contributed by atoms with Crippen molar-refractivity contribution in [2.45, 2.75) is 86.5 Å². The van der Waals surface area contributed by atoms with Crippen LogP contribution in [0.15, 0.2) is 247 Å². The number of aryl methyl sites for hydroxylation is 9. The minimum Gasteiger partial charge on any atom is -0.494 e. The molecule has 14 aromatic rings. The second-order valence-electron chi connectivity index (χ2n) is 31.3. The quantitative estimate of drug-likeness (QED) is 0.0162. The van der Waals surface area contributed by atoms with Gasteiger partial charge in [-0.3, -0.25) is 28.8 Å². The summed E-state index contributed by atoms with van der Waals surface area (Å²) >= 11 is 22.1. The Morgan fingerprint density at radius 1 is 0.331 bits per heavy atom. The van der Waals surface area contributed by atoms with Crippen LogP contribution < -0.4 is 53.8 Å². The summed E-state index contributed by atoms with van der Waals surface area (Å²) < 4.78 is 113. The number of hydrogen-bond donors (Lipinski definition) is 9. The molecule has 3 aromatic heterocycles. The molecule has 0 unspecified atom stereocenters. The van der Waals surface area contributed by atoms with Crippen molar-refractivity contribution in [2.75, 3.05) is 56.7 Å². The summed E-state index contributed by atoms with van der Waals surface area (Å²) in [5, 5.41) is 12.4. The summed E-state index contributed by atoms with van der Waals surface area (Å²) in [6.45, 7) is 12.2. The smallest absolute Gasteiger partial charge is 0.281 e. The molecule has 0 fully saturated rings. The predicted octanol–water partition coefficient (Wildman–Crippen LogP) is 19.1. The third-order valence-corrected chi connectivity index (χ3v) is 27.1. The first-order valence-corrected chi connectivity index (χ1v) is 49.4. The molecule has 0 atom stereocenters. The van der Waals surface area contributed by atoms with Crippen LogP contribution in [0.1, 0.15) is 127 Å². The number of benzene rings is 11. The van der Waals surface area contributed by atoms with Gasteiger partial charge in [-0.05, 0) is 269 Å². The van der Waals surface area contributed by atoms with E-state index >= 15 is 0 Å². The number of fused-ring (bicyclic) bond motifs is 3. The summed E-state index contributed by atoms with van der Waals surface area (Å²) in [5.41, 5.74) is 11.8. The van der Waals surface area contributed by atoms with Crippen LogP contribution in [0.3, 0.4) is 0 Å². The van der Waals surface area contributed by atoms with Crippen LogP contribution in [0.25, 0.3) is 32.7 Å². The first-order chi connectivity index (χ1) is 63.7. The van der Waals surface area contributed by atoms with Crippen LogP contribution in [-0.2, 0) is 60.5 Å². The fourth-order valence-electron chi connectivity index (χ4n) is 14.6. The fourth-order valence-corrected chi connectivity index (χ4v) is 17.7. The van der Waals surface area contributed by atoms with E-state index in [1.165, 1.54) is 0 Å². The van der Waals surface area contributed by atoms with E-state index in [0.29, 0.717) is 136 Å². The van der Waals surface area contributed by atoms with Gasteiger partial charge in [-0.15, -0.1) is 0 Å². The Morgan fingerprint density at radius 3 is 1.02 bits per heavy atom. The van der Waals surface area contributed by atoms with Crippen molar-refractivity contribution < 1.29 is 77.7 Å². The van der Waals surface area contributed by atoms with Crippen molar-refractivity contribution in [3.63, 3.8) is 0 Å². The van der Waals surface area contributed by atoms with Gasteiger partial charge in [-0.25, -0.2) is 39.4 Å². The topological polar surface area (TPSA) is 371 Å². The van der Waals surface area contributed by atoms with Gasteiger partial charge >= 0.3 is 0 Å². The molecule has 33 heteroatoms. The van der Waals surface area contributed by atoms with Crippen molar-refractivity contribution in [2.24, 2.45) is 0 Å². The average Bonchev–Trinajstić information content (AvgIpc) is 1.65. The lowest BCUT2D eigenvalue weighted by Gasteiger charge is -2.11. The van der Waals surface area contributed by atoms with Gasteiger partial charge in [0.15, 0.2) is 0 Å². The van der Waals surface area contributed by atoms with Crippen molar-refractivity contribution in [1.82, 2.24) is 45.1 Å². The van der Waals surface area contributed by atoms with Gasteiger partial charge < -0.3 is 54.6 Å². The molecule has 0 saturated carbocycles. The molecule has 0 aliphatic carbocycles. The maximum absolute atomic E-state index is 13.3. The average molecular weight is 1980 g/mol. The van der Waals surface area contributed by atoms with Crippen molar-refractivity contribution in [3.05, 3.63) is 346 Å². The SMILES string of the molecule is Cc1cc(OCCCc2c(C(=O)NS(=O)(=O)CCNC(=O)Cc3ccc(Br)cc3)[nH]c3ccccc23)cc(C)c1Cl.Cc1cc(OCCCc2c(C(=O)NS(=O)(=O)CCNC(=O)c3ccc(Oc4ccccc4)cc3)[nH]c3ccccc23)cc(C)c1Cl.Cc1cc(OCCCc2c(C(=O)NS(=O)(=O)CCNC(=O)c3cccc(Oc4ccccc4)c3)[nH]c3ccccc23)cc(C)c1Cl. The standard InChI is InChI=1S/2C35H34ClN3O6S.C30H31BrClN3O5S/c1-23-20-28(21-24(2)32(23)36)44-18-9-15-30-29-14-6-7-16-31(29)38-33(30)35(41)39-46(42,43)19-17-37-34(40)25-10-8-13-27(22-25)45-26-11-4-3-5-12-26;1-23-21-28(22-24(2)32(23)36)44-19-8-12-30-29-11-6-7-13-31(29)38-33(30)35(41)39-46(42,43)20-18-37-34(40)25-14-16-27(17-15-25)45-26-9-4-3-5-10-26;1-19-16-23(17-20(2)28(19)32)40-14-5-7-25-24-6-3-4-8-26(24)34-29(25)30(37)35-41(38,39)15-13-33-27(36)18-21-9-11-22(31)12-10-21/h3-8,10-14,16,20-22,38H,9,15,17-19H2,1-2H3,(H,37,40)(H,39,41);3-7,9-11,13-17,21-22,38H,8,12,18-20H2,1-2H3,(H,37,40)(H,39,41);3-4,6,8-12,16-17,34H,5,7,13-15,18H2,1-2H3,(H,33,36)(H,35,37). The van der Waals surface area contributed by atoms with E-state index in [4.69, 9.17) is 58.5 Å². The maximum Gasteiger partial charge on any atom is 0.281 e. The maximum atomic E-state index is 13.3. The first-order valence-electron chi connectivity index (χ1n) is 42.6. The zero-order valence-corrected chi connectivity index (χ0v) is 79.9. The van der Waals surface area contributed by atoms with E-state index < -0.39 is 76.9 Å². The van der Waals surface area contributed by atoms with Crippen LogP contribution in [0.2, 0.25) is 15.1 Å². The zero-order chi connectivity index (χ0) is 94.9. The molecule has 0 spiro atoms. The Balaban J connectivity index is 0.000000180. The highest BCUT2D eigenvalue weighted by Gasteiger charge is 2.27. The number of carbonyl (C=O) groups is 6. The van der Waals surface area contributed by atoms with E-state index in [2.05, 4.69) is 61.0 Å². The number of nitrogens with one attached hydrogen (secondary N) is 9. The third-order valence-electron chi connectivity index (χ3n) is 21.1. The molecule has 0 saturated heterocycles. The Morgan fingerprint density at radius 2 is 0.647 bits per heavy atom. The molecule has 14 rings (SSSR count). The molecule has 133 heavy (non-hydrogen) atoms. The van der Waals surface area contributed by atoms with E-state index in [1.807, 2.05) is 224 Å². The number of H-pyrrole nitrogens is 3. The number of halogens is 4. The van der Waals surface area contributed by atoms with Crippen LogP contribution >= 0.6 is 50.7 Å². The molecule has 11 aromatic carbocycles. The number of aromatic amines is 3. The van der Waals surface area contributed by atoms with E-state index in [0.717, 1.165) is 81.9 Å². The van der Waals surface area contributed by atoms with Gasteiger partial charge in [0.2, 0.25) is 36.0 Å². The van der Waals surface area contributed by atoms with Crippen molar-refractivity contribution >= 4 is 149 Å². The minimum atomic E-state index is -4.08. The highest BCUT2D eigenvalue weighted by molar-refractivity contribution is 9.10. The van der Waals surface area contributed by atoms with Crippen LogP contribution in [0.5, 0.6) is 40.2 Å². The van der Waals surface area contributed by atoms with Crippen LogP contribution in [-0.4, -0.2) is 132 Å². The number of rotatable bonds is 38. The van der Waals surface area contributed by atoms with Gasteiger partial charge in [-0.1, -0.05) is 160 Å². The zero-order valence-electron chi connectivity index (χ0n) is 73.6. The number of amides is 6. The molecular formula is C100H99BrCl3N9O17S3. The minimum absolute atomic E-state index is 0.124. The van der Waals surface area contributed by atoms with Gasteiger partial charge in [0, 0.05) is 83.0 Å². The second-order valence-corrected chi connectivity index (χ2v) is 38.9. The Bertz CT molecular complexity index is 6840. The molecule has 3 heterocycles. The van der Waals surface area contributed by atoms with E-state index in [9.17, 15) is 54.0 Å². The molecule has 6 amide bonds. The normalized spacial score (nSPS) is 11.3. The molecule has 0 aliphatic heterocycles. The summed E-state index contributed by atoms with van der Waals surface area (Å²) in [7, 11) is -12.1. The Kier molecular flexibility index (Phi) is 34.6. The predicted molar refractivity (Wildman–Crippen MR) is 524 cm³/mol. The summed E-state index contributed by atoms with van der Waals surface area (Å²) in [6.07, 6.45) is 3.33. The van der Waals surface area contributed by atoms with Crippen LogP contribution in [0, 0.1) is 41.5 Å². The first kappa shape index (κ1) is 99.1. The number of aromatic nitrogens is 3.